The highest BCUT2D eigenvalue weighted by Crippen LogP contribution is 2.45. The smallest absolute Gasteiger partial charge is 0.363 e. The van der Waals surface area contributed by atoms with E-state index in [1.807, 2.05) is 54.6 Å². The summed E-state index contributed by atoms with van der Waals surface area (Å²) >= 11 is 0. The van der Waals surface area contributed by atoms with Gasteiger partial charge in [0.25, 0.3) is 0 Å². The lowest BCUT2D eigenvalue weighted by Gasteiger charge is -2.35. The van der Waals surface area contributed by atoms with Crippen molar-refractivity contribution in [3.63, 3.8) is 0 Å². The number of aromatic nitrogens is 1. The van der Waals surface area contributed by atoms with Crippen molar-refractivity contribution in [2.24, 2.45) is 4.99 Å². The summed E-state index contributed by atoms with van der Waals surface area (Å²) in [6.07, 6.45) is 3.48. The maximum atomic E-state index is 11.9. The highest BCUT2D eigenvalue weighted by molar-refractivity contribution is 6.05. The van der Waals surface area contributed by atoms with Gasteiger partial charge in [0.05, 0.1) is 17.1 Å². The zero-order chi connectivity index (χ0) is 17.4. The molecule has 0 bridgehead atoms. The molecule has 1 aliphatic rings. The predicted molar refractivity (Wildman–Crippen MR) is 98.9 cm³/mol. The minimum absolute atomic E-state index is 0.151. The fourth-order valence-corrected chi connectivity index (χ4v) is 3.50. The molecule has 0 fully saturated rings. The molecule has 2 aromatic carbocycles. The van der Waals surface area contributed by atoms with Crippen LogP contribution in [0.2, 0.25) is 0 Å². The van der Waals surface area contributed by atoms with Crippen LogP contribution in [-0.2, 0) is 11.3 Å². The van der Waals surface area contributed by atoms with Gasteiger partial charge in [0, 0.05) is 5.56 Å². The number of carbonyl (C=O) groups is 1. The van der Waals surface area contributed by atoms with Gasteiger partial charge in [-0.15, -0.1) is 0 Å². The zero-order valence-electron chi connectivity index (χ0n) is 13.8. The Labute approximate surface area is 145 Å². The van der Waals surface area contributed by atoms with E-state index in [-0.39, 0.29) is 4.48 Å². The van der Waals surface area contributed by atoms with Gasteiger partial charge in [-0.05, 0) is 19.1 Å². The van der Waals surface area contributed by atoms with Crippen LogP contribution in [0.3, 0.4) is 0 Å². The number of carboxylic acids is 1. The average molecular weight is 332 g/mol. The quantitative estimate of drug-likeness (QED) is 0.737. The second-order valence-corrected chi connectivity index (χ2v) is 6.34. The number of carboxylic acid groups (broad SMARTS) is 1. The van der Waals surface area contributed by atoms with Gasteiger partial charge in [-0.2, -0.15) is 4.99 Å². The molecule has 0 amide bonds. The molecule has 0 saturated heterocycles. The van der Waals surface area contributed by atoms with E-state index in [0.29, 0.717) is 6.54 Å². The summed E-state index contributed by atoms with van der Waals surface area (Å²) in [5.74, 6) is -0.851. The van der Waals surface area contributed by atoms with Crippen molar-refractivity contribution >= 4 is 34.6 Å². The molecule has 0 saturated carbocycles. The predicted octanol–water partition coefficient (Wildman–Crippen LogP) is 3.89. The first-order valence-corrected chi connectivity index (χ1v) is 8.19. The van der Waals surface area contributed by atoms with Crippen molar-refractivity contribution in [1.82, 2.24) is 9.47 Å². The third-order valence-electron chi connectivity index (χ3n) is 4.88. The number of benzene rings is 2. The Morgan fingerprint density at radius 3 is 2.60 bits per heavy atom. The molecule has 5 heteroatoms. The van der Waals surface area contributed by atoms with E-state index in [2.05, 4.69) is 9.98 Å². The van der Waals surface area contributed by atoms with Gasteiger partial charge in [0.1, 0.15) is 12.2 Å². The molecule has 5 nitrogen and oxygen atoms in total. The first-order valence-electron chi connectivity index (χ1n) is 8.19. The van der Waals surface area contributed by atoms with E-state index in [4.69, 9.17) is 0 Å². The van der Waals surface area contributed by atoms with E-state index in [1.165, 1.54) is 0 Å². The minimum atomic E-state index is -0.851. The Balaban J connectivity index is 1.97. The van der Waals surface area contributed by atoms with Crippen LogP contribution in [0, 0.1) is 0 Å². The number of nitrogens with zero attached hydrogens (tertiary/aromatic N) is 3. The van der Waals surface area contributed by atoms with Gasteiger partial charge in [-0.1, -0.05) is 42.5 Å². The molecule has 0 radical (unpaired) electrons. The maximum absolute atomic E-state index is 11.9. The molecule has 1 aliphatic heterocycles. The maximum Gasteiger partial charge on any atom is 0.363 e. The Morgan fingerprint density at radius 1 is 1.12 bits per heavy atom. The number of aliphatic carboxylic acids is 1. The van der Waals surface area contributed by atoms with Crippen molar-refractivity contribution in [3.8, 4) is 0 Å². The molecular formula is C20H18N3O2+. The Hall–Kier alpha value is -3.05. The number of quaternary nitrogens is 1. The minimum Gasteiger partial charge on any atom is -0.477 e. The lowest BCUT2D eigenvalue weighted by molar-refractivity contribution is -0.140. The van der Waals surface area contributed by atoms with Crippen LogP contribution in [0.25, 0.3) is 10.9 Å². The highest BCUT2D eigenvalue weighted by atomic mass is 16.4. The van der Waals surface area contributed by atoms with Crippen molar-refractivity contribution in [1.29, 1.82) is 0 Å². The summed E-state index contributed by atoms with van der Waals surface area (Å²) < 4.78 is 0.151. The number of fused-ring (bicyclic) bond motifs is 3. The van der Waals surface area contributed by atoms with Crippen LogP contribution < -0.4 is 4.48 Å². The van der Waals surface area contributed by atoms with Gasteiger partial charge in [0.15, 0.2) is 18.1 Å². The second kappa shape index (κ2) is 5.79. The zero-order valence-corrected chi connectivity index (χ0v) is 13.8. The third kappa shape index (κ3) is 2.40. The summed E-state index contributed by atoms with van der Waals surface area (Å²) in [7, 11) is 0. The van der Waals surface area contributed by atoms with E-state index >= 15 is 0 Å². The molecule has 1 N–H and O–H groups in total. The molecule has 0 spiro atoms. The normalized spacial score (nSPS) is 19.7. The van der Waals surface area contributed by atoms with E-state index < -0.39 is 12.0 Å². The molecule has 2 unspecified atom stereocenters. The molecule has 1 aromatic heterocycles. The van der Waals surface area contributed by atoms with E-state index in [9.17, 15) is 9.90 Å². The summed E-state index contributed by atoms with van der Waals surface area (Å²) in [6.45, 7) is 2.26. The number of rotatable bonds is 4. The summed E-state index contributed by atoms with van der Waals surface area (Å²) in [5, 5.41) is 10.7. The largest absolute Gasteiger partial charge is 0.477 e. The molecule has 2 atom stereocenters. The first kappa shape index (κ1) is 15.5. The summed E-state index contributed by atoms with van der Waals surface area (Å²) in [5.41, 5.74) is 3.56. The topological polar surface area (TPSA) is 62.5 Å². The molecule has 0 aliphatic carbocycles. The highest BCUT2D eigenvalue weighted by Gasteiger charge is 2.46. The lowest BCUT2D eigenvalue weighted by atomic mass is 10.1. The fraction of sp³-hybridized carbons (Fsp3) is 0.150. The second-order valence-electron chi connectivity index (χ2n) is 6.34. The van der Waals surface area contributed by atoms with Crippen LogP contribution >= 0.6 is 0 Å². The standard InChI is InChI=1S/C20H17N3O2/c1-14(20(24)25)23(12-15-7-3-2-4-8-15)13-22-18-11-21-17-10-6-5-9-16(17)19(18)23/h2-11,13-14H,12H2,1H3/p+1. The molecule has 3 aromatic rings. The SMILES string of the molecule is CC(C(=O)O)[N+]1(Cc2ccccc2)C=Nc2cnc3ccccc3c21. The Kier molecular flexibility index (Phi) is 3.58. The number of pyridine rings is 1. The van der Waals surface area contributed by atoms with Gasteiger partial charge in [-0.3, -0.25) is 4.98 Å². The molecule has 124 valence electrons. The molecular weight excluding hydrogens is 314 g/mol. The fourth-order valence-electron chi connectivity index (χ4n) is 3.50. The van der Waals surface area contributed by atoms with Crippen LogP contribution in [0.1, 0.15) is 12.5 Å². The van der Waals surface area contributed by atoms with Gasteiger partial charge < -0.3 is 5.11 Å². The number of para-hydroxylation sites is 1. The number of hydrogen-bond donors (Lipinski definition) is 1. The van der Waals surface area contributed by atoms with Crippen molar-refractivity contribution in [2.75, 3.05) is 0 Å². The van der Waals surface area contributed by atoms with Crippen molar-refractivity contribution in [3.05, 3.63) is 66.4 Å². The molecule has 4 rings (SSSR count). The average Bonchev–Trinajstić information content (AvgIpc) is 3.02. The van der Waals surface area contributed by atoms with Gasteiger partial charge >= 0.3 is 5.97 Å². The van der Waals surface area contributed by atoms with Crippen LogP contribution in [0.15, 0.2) is 65.8 Å². The first-order chi connectivity index (χ1) is 12.1. The van der Waals surface area contributed by atoms with Crippen LogP contribution in [0.4, 0.5) is 11.4 Å². The molecule has 25 heavy (non-hydrogen) atoms. The summed E-state index contributed by atoms with van der Waals surface area (Å²) in [4.78, 5) is 20.9. The van der Waals surface area contributed by atoms with Gasteiger partial charge in [-0.25, -0.2) is 9.28 Å². The third-order valence-corrected chi connectivity index (χ3v) is 4.88. The van der Waals surface area contributed by atoms with Crippen molar-refractivity contribution in [2.45, 2.75) is 19.5 Å². The Bertz CT molecular complexity index is 985. The Morgan fingerprint density at radius 2 is 1.84 bits per heavy atom. The number of hydrogen-bond acceptors (Lipinski definition) is 3. The van der Waals surface area contributed by atoms with E-state index in [1.54, 1.807) is 19.5 Å². The van der Waals surface area contributed by atoms with Crippen LogP contribution in [-0.4, -0.2) is 28.4 Å². The molecule has 2 heterocycles. The lowest BCUT2D eigenvalue weighted by Crippen LogP contribution is -2.56. The summed E-state index contributed by atoms with van der Waals surface area (Å²) in [6, 6.07) is 17.1. The number of aliphatic imine (C=N–C) groups is 1. The van der Waals surface area contributed by atoms with Gasteiger partial charge in [0.2, 0.25) is 0 Å². The van der Waals surface area contributed by atoms with Crippen LogP contribution in [0.5, 0.6) is 0 Å². The van der Waals surface area contributed by atoms with Crippen molar-refractivity contribution < 1.29 is 9.90 Å². The monoisotopic (exact) mass is 332 g/mol. The van der Waals surface area contributed by atoms with E-state index in [0.717, 1.165) is 27.8 Å².